The monoisotopic (exact) mass is 335 g/mol. The third-order valence-corrected chi connectivity index (χ3v) is 3.43. The molecule has 4 N–H and O–H groups in total. The number of aliphatic hydroxyl groups is 1. The molecule has 2 rings (SSSR count). The largest absolute Gasteiger partial charge is 0.497 e. The van der Waals surface area contributed by atoms with Crippen molar-refractivity contribution in [3.8, 4) is 5.75 Å². The minimum absolute atomic E-state index is 0.0510. The molecule has 0 aliphatic carbocycles. The number of halogens is 2. The van der Waals surface area contributed by atoms with E-state index in [2.05, 4.69) is 10.3 Å². The van der Waals surface area contributed by atoms with Crippen LogP contribution in [-0.4, -0.2) is 24.7 Å². The Morgan fingerprint density at radius 1 is 1.25 bits per heavy atom. The van der Waals surface area contributed by atoms with E-state index in [0.717, 1.165) is 6.07 Å². The van der Waals surface area contributed by atoms with E-state index in [0.29, 0.717) is 17.5 Å². The molecule has 2 aromatic carbocycles. The van der Waals surface area contributed by atoms with Gasteiger partial charge in [0.2, 0.25) is 0 Å². The third kappa shape index (κ3) is 4.42. The smallest absolute Gasteiger partial charge is 0.193 e. The Hall–Kier alpha value is -2.67. The van der Waals surface area contributed by atoms with Crippen molar-refractivity contribution in [1.82, 2.24) is 0 Å². The minimum atomic E-state index is -1.62. The number of aliphatic imine (C=N–C) groups is 1. The van der Waals surface area contributed by atoms with Gasteiger partial charge in [-0.3, -0.25) is 0 Å². The van der Waals surface area contributed by atoms with Crippen LogP contribution in [0, 0.1) is 11.6 Å². The summed E-state index contributed by atoms with van der Waals surface area (Å²) < 4.78 is 31.8. The predicted molar refractivity (Wildman–Crippen MR) is 89.0 cm³/mol. The highest BCUT2D eigenvalue weighted by molar-refractivity contribution is 5.92. The number of guanidine groups is 1. The lowest BCUT2D eigenvalue weighted by atomic mass is 9.95. The van der Waals surface area contributed by atoms with E-state index in [1.54, 1.807) is 31.4 Å². The van der Waals surface area contributed by atoms with Crippen LogP contribution < -0.4 is 15.8 Å². The second-order valence-corrected chi connectivity index (χ2v) is 5.45. The van der Waals surface area contributed by atoms with Crippen LogP contribution in [0.4, 0.5) is 14.5 Å². The van der Waals surface area contributed by atoms with Gasteiger partial charge in [-0.1, -0.05) is 6.07 Å². The number of nitrogens with zero attached hydrogens (tertiary/aromatic N) is 1. The summed E-state index contributed by atoms with van der Waals surface area (Å²) in [6.07, 6.45) is 0. The molecule has 7 heteroatoms. The molecule has 0 fully saturated rings. The maximum Gasteiger partial charge on any atom is 0.193 e. The normalized spacial score (nSPS) is 14.1. The molecule has 5 nitrogen and oxygen atoms in total. The molecular formula is C17H19F2N3O2. The van der Waals surface area contributed by atoms with E-state index >= 15 is 0 Å². The summed E-state index contributed by atoms with van der Waals surface area (Å²) in [7, 11) is 1.56. The van der Waals surface area contributed by atoms with Crippen LogP contribution in [0.3, 0.4) is 0 Å². The molecular weight excluding hydrogens is 316 g/mol. The van der Waals surface area contributed by atoms with Crippen LogP contribution in [0.1, 0.15) is 12.5 Å². The third-order valence-electron chi connectivity index (χ3n) is 3.43. The lowest BCUT2D eigenvalue weighted by molar-refractivity contribution is 0.0634. The Kier molecular flexibility index (Phi) is 5.35. The topological polar surface area (TPSA) is 79.9 Å². The van der Waals surface area contributed by atoms with Gasteiger partial charge in [0.1, 0.15) is 23.0 Å². The van der Waals surface area contributed by atoms with E-state index < -0.39 is 17.2 Å². The van der Waals surface area contributed by atoms with Gasteiger partial charge < -0.3 is 20.9 Å². The lowest BCUT2D eigenvalue weighted by Crippen LogP contribution is -2.30. The molecule has 0 saturated carbocycles. The zero-order valence-corrected chi connectivity index (χ0v) is 13.4. The number of nitrogens with one attached hydrogen (secondary N) is 1. The maximum atomic E-state index is 13.8. The first-order chi connectivity index (χ1) is 11.3. The average molecular weight is 335 g/mol. The number of methoxy groups -OCH3 is 1. The predicted octanol–water partition coefficient (Wildman–Crippen LogP) is 2.61. The SMILES string of the molecule is COc1ccc(NC(N)=NCC(C)(O)c2ccc(F)cc2F)cc1. The highest BCUT2D eigenvalue weighted by atomic mass is 19.1. The molecule has 0 radical (unpaired) electrons. The Balaban J connectivity index is 2.06. The quantitative estimate of drug-likeness (QED) is 0.580. The van der Waals surface area contributed by atoms with E-state index in [-0.39, 0.29) is 18.1 Å². The van der Waals surface area contributed by atoms with Crippen molar-refractivity contribution in [2.75, 3.05) is 19.0 Å². The fourth-order valence-electron chi connectivity index (χ4n) is 2.11. The zero-order chi connectivity index (χ0) is 17.7. The Labute approximate surface area is 138 Å². The van der Waals surface area contributed by atoms with E-state index in [4.69, 9.17) is 10.5 Å². The number of hydrogen-bond donors (Lipinski definition) is 3. The Morgan fingerprint density at radius 2 is 1.92 bits per heavy atom. The van der Waals surface area contributed by atoms with Gasteiger partial charge >= 0.3 is 0 Å². The second kappa shape index (κ2) is 7.27. The average Bonchev–Trinajstić information content (AvgIpc) is 2.53. The van der Waals surface area contributed by atoms with E-state index in [1.807, 2.05) is 0 Å². The van der Waals surface area contributed by atoms with Crippen molar-refractivity contribution in [2.45, 2.75) is 12.5 Å². The molecule has 128 valence electrons. The van der Waals surface area contributed by atoms with Gasteiger partial charge in [0.05, 0.1) is 13.7 Å². The van der Waals surface area contributed by atoms with Crippen molar-refractivity contribution in [3.05, 3.63) is 59.7 Å². The van der Waals surface area contributed by atoms with Gasteiger partial charge in [0, 0.05) is 17.3 Å². The highest BCUT2D eigenvalue weighted by Gasteiger charge is 2.26. The fraction of sp³-hybridized carbons (Fsp3) is 0.235. The molecule has 0 aliphatic rings. The van der Waals surface area contributed by atoms with Gasteiger partial charge in [-0.05, 0) is 37.3 Å². The zero-order valence-electron chi connectivity index (χ0n) is 13.4. The molecule has 0 aliphatic heterocycles. The number of anilines is 1. The summed E-state index contributed by atoms with van der Waals surface area (Å²) in [4.78, 5) is 4.02. The van der Waals surface area contributed by atoms with Crippen LogP contribution in [0.2, 0.25) is 0 Å². The molecule has 0 aromatic heterocycles. The van der Waals surface area contributed by atoms with Crippen molar-refractivity contribution in [2.24, 2.45) is 10.7 Å². The fourth-order valence-corrected chi connectivity index (χ4v) is 2.11. The van der Waals surface area contributed by atoms with Gasteiger partial charge in [0.25, 0.3) is 0 Å². The Morgan fingerprint density at radius 3 is 2.50 bits per heavy atom. The first-order valence-corrected chi connectivity index (χ1v) is 7.21. The van der Waals surface area contributed by atoms with Gasteiger partial charge in [0.15, 0.2) is 5.96 Å². The summed E-state index contributed by atoms with van der Waals surface area (Å²) >= 11 is 0. The number of hydrogen-bond acceptors (Lipinski definition) is 3. The van der Waals surface area contributed by atoms with Gasteiger partial charge in [-0.15, -0.1) is 0 Å². The summed E-state index contributed by atoms with van der Waals surface area (Å²) in [5.74, 6) is -0.790. The molecule has 0 bridgehead atoms. The molecule has 24 heavy (non-hydrogen) atoms. The van der Waals surface area contributed by atoms with E-state index in [1.165, 1.54) is 13.0 Å². The highest BCUT2D eigenvalue weighted by Crippen LogP contribution is 2.24. The molecule has 0 spiro atoms. The molecule has 2 aromatic rings. The Bertz CT molecular complexity index is 731. The van der Waals surface area contributed by atoms with Crippen LogP contribution in [0.5, 0.6) is 5.75 Å². The maximum absolute atomic E-state index is 13.8. The van der Waals surface area contributed by atoms with Crippen molar-refractivity contribution < 1.29 is 18.6 Å². The second-order valence-electron chi connectivity index (χ2n) is 5.45. The van der Waals surface area contributed by atoms with Crippen molar-refractivity contribution >= 4 is 11.6 Å². The van der Waals surface area contributed by atoms with Gasteiger partial charge in [-0.25, -0.2) is 13.8 Å². The van der Waals surface area contributed by atoms with Crippen molar-refractivity contribution in [3.63, 3.8) is 0 Å². The van der Waals surface area contributed by atoms with Crippen LogP contribution >= 0.6 is 0 Å². The summed E-state index contributed by atoms with van der Waals surface area (Å²) in [5.41, 5.74) is 4.78. The summed E-state index contributed by atoms with van der Waals surface area (Å²) in [6, 6.07) is 9.98. The molecule has 0 heterocycles. The van der Waals surface area contributed by atoms with E-state index in [9.17, 15) is 13.9 Å². The van der Waals surface area contributed by atoms with Crippen molar-refractivity contribution in [1.29, 1.82) is 0 Å². The minimum Gasteiger partial charge on any atom is -0.497 e. The molecule has 0 saturated heterocycles. The first-order valence-electron chi connectivity index (χ1n) is 7.21. The van der Waals surface area contributed by atoms with Crippen LogP contribution in [-0.2, 0) is 5.60 Å². The standard InChI is InChI=1S/C17H19F2N3O2/c1-17(23,14-8-3-11(18)9-15(14)19)10-21-16(20)22-12-4-6-13(24-2)7-5-12/h3-9,23H,10H2,1-2H3,(H3,20,21,22). The molecule has 1 atom stereocenters. The number of rotatable bonds is 5. The number of nitrogens with two attached hydrogens (primary N) is 1. The number of ether oxygens (including phenoxy) is 1. The lowest BCUT2D eigenvalue weighted by Gasteiger charge is -2.22. The first kappa shape index (κ1) is 17.7. The molecule has 1 unspecified atom stereocenters. The van der Waals surface area contributed by atoms with Crippen LogP contribution in [0.25, 0.3) is 0 Å². The number of benzene rings is 2. The van der Waals surface area contributed by atoms with Gasteiger partial charge in [-0.2, -0.15) is 0 Å². The summed E-state index contributed by atoms with van der Waals surface area (Å²) in [6.45, 7) is 1.19. The van der Waals surface area contributed by atoms with Crippen LogP contribution in [0.15, 0.2) is 47.5 Å². The summed E-state index contributed by atoms with van der Waals surface area (Å²) in [5, 5.41) is 13.2. The molecule has 0 amide bonds.